The molecule has 2 rings (SSSR count). The van der Waals surface area contributed by atoms with Gasteiger partial charge in [-0.15, -0.1) is 0 Å². The molecule has 4 heteroatoms. The molecule has 0 atom stereocenters. The van der Waals surface area contributed by atoms with E-state index in [0.717, 1.165) is 18.9 Å². The second kappa shape index (κ2) is 3.20. The molecule has 0 aliphatic heterocycles. The number of nitrogens with two attached hydrogens (primary N) is 1. The van der Waals surface area contributed by atoms with E-state index >= 15 is 0 Å². The number of hydrogen-bond donors (Lipinski definition) is 1. The van der Waals surface area contributed by atoms with Crippen LogP contribution in [0.25, 0.3) is 0 Å². The van der Waals surface area contributed by atoms with Crippen LogP contribution in [0, 0.1) is 11.6 Å². The van der Waals surface area contributed by atoms with Crippen molar-refractivity contribution in [1.82, 2.24) is 0 Å². The summed E-state index contributed by atoms with van der Waals surface area (Å²) < 4.78 is 31.1. The fraction of sp³-hybridized carbons (Fsp3) is 0.400. The standard InChI is InChI=1S/C10H11F2NO/c11-7-1-2-9(8(12)5-7)14-10(6-13)3-4-10/h1-2,5H,3-4,6,13H2. The summed E-state index contributed by atoms with van der Waals surface area (Å²) in [7, 11) is 0. The summed E-state index contributed by atoms with van der Waals surface area (Å²) in [5.41, 5.74) is 5.07. The van der Waals surface area contributed by atoms with Gasteiger partial charge in [0.05, 0.1) is 0 Å². The van der Waals surface area contributed by atoms with Crippen LogP contribution < -0.4 is 10.5 Å². The van der Waals surface area contributed by atoms with Crippen molar-refractivity contribution in [3.63, 3.8) is 0 Å². The average molecular weight is 199 g/mol. The smallest absolute Gasteiger partial charge is 0.168 e. The van der Waals surface area contributed by atoms with Gasteiger partial charge in [-0.1, -0.05) is 0 Å². The van der Waals surface area contributed by atoms with Gasteiger partial charge in [0.15, 0.2) is 11.6 Å². The van der Waals surface area contributed by atoms with E-state index in [1.165, 1.54) is 12.1 Å². The summed E-state index contributed by atoms with van der Waals surface area (Å²) in [6.45, 7) is 0.365. The van der Waals surface area contributed by atoms with Crippen LogP contribution in [-0.4, -0.2) is 12.1 Å². The first-order valence-electron chi connectivity index (χ1n) is 4.49. The zero-order valence-electron chi connectivity index (χ0n) is 7.59. The molecule has 0 radical (unpaired) electrons. The summed E-state index contributed by atoms with van der Waals surface area (Å²) in [4.78, 5) is 0. The highest BCUT2D eigenvalue weighted by Crippen LogP contribution is 2.39. The van der Waals surface area contributed by atoms with Crippen LogP contribution in [-0.2, 0) is 0 Å². The summed E-state index contributed by atoms with van der Waals surface area (Å²) in [6.07, 6.45) is 1.67. The van der Waals surface area contributed by atoms with E-state index in [0.29, 0.717) is 6.54 Å². The van der Waals surface area contributed by atoms with Gasteiger partial charge in [-0.2, -0.15) is 0 Å². The minimum Gasteiger partial charge on any atom is -0.483 e. The lowest BCUT2D eigenvalue weighted by Gasteiger charge is -2.16. The Morgan fingerprint density at radius 1 is 1.36 bits per heavy atom. The van der Waals surface area contributed by atoms with Gasteiger partial charge < -0.3 is 10.5 Å². The minimum atomic E-state index is -0.676. The number of halogens is 2. The molecule has 0 saturated heterocycles. The summed E-state index contributed by atoms with van der Waals surface area (Å²) >= 11 is 0. The van der Waals surface area contributed by atoms with E-state index in [4.69, 9.17) is 10.5 Å². The Hall–Kier alpha value is -1.16. The van der Waals surface area contributed by atoms with E-state index in [-0.39, 0.29) is 5.75 Å². The van der Waals surface area contributed by atoms with Gasteiger partial charge in [0.2, 0.25) is 0 Å². The third-order valence-electron chi connectivity index (χ3n) is 2.40. The minimum absolute atomic E-state index is 0.0781. The fourth-order valence-electron chi connectivity index (χ4n) is 1.28. The highest BCUT2D eigenvalue weighted by molar-refractivity contribution is 5.26. The quantitative estimate of drug-likeness (QED) is 0.806. The largest absolute Gasteiger partial charge is 0.483 e. The second-order valence-corrected chi connectivity index (χ2v) is 3.56. The molecule has 1 aliphatic rings. The van der Waals surface area contributed by atoms with Crippen molar-refractivity contribution in [3.05, 3.63) is 29.8 Å². The molecule has 1 fully saturated rings. The Balaban J connectivity index is 2.17. The second-order valence-electron chi connectivity index (χ2n) is 3.56. The molecule has 0 heterocycles. The Morgan fingerprint density at radius 2 is 2.07 bits per heavy atom. The predicted octanol–water partition coefficient (Wildman–Crippen LogP) is 1.83. The lowest BCUT2D eigenvalue weighted by molar-refractivity contribution is 0.178. The van der Waals surface area contributed by atoms with Crippen molar-refractivity contribution in [2.45, 2.75) is 18.4 Å². The molecule has 14 heavy (non-hydrogen) atoms. The molecule has 1 aliphatic carbocycles. The molecule has 0 unspecified atom stereocenters. The summed E-state index contributed by atoms with van der Waals surface area (Å²) in [5, 5.41) is 0. The summed E-state index contributed by atoms with van der Waals surface area (Å²) in [5.74, 6) is -1.20. The number of benzene rings is 1. The van der Waals surface area contributed by atoms with Gasteiger partial charge in [0, 0.05) is 12.6 Å². The Bertz CT molecular complexity index is 350. The molecule has 2 N–H and O–H groups in total. The first-order chi connectivity index (χ1) is 6.65. The van der Waals surface area contributed by atoms with Crippen LogP contribution in [0.4, 0.5) is 8.78 Å². The molecule has 1 saturated carbocycles. The average Bonchev–Trinajstić information content (AvgIpc) is 2.91. The third-order valence-corrected chi connectivity index (χ3v) is 2.40. The zero-order valence-corrected chi connectivity index (χ0v) is 7.59. The first-order valence-corrected chi connectivity index (χ1v) is 4.49. The highest BCUT2D eigenvalue weighted by atomic mass is 19.1. The number of rotatable bonds is 3. The van der Waals surface area contributed by atoms with Crippen LogP contribution in [0.1, 0.15) is 12.8 Å². The molecule has 0 bridgehead atoms. The zero-order chi connectivity index (χ0) is 10.2. The van der Waals surface area contributed by atoms with Gasteiger partial charge in [-0.3, -0.25) is 0 Å². The first kappa shape index (κ1) is 9.40. The van der Waals surface area contributed by atoms with Crippen molar-refractivity contribution in [2.24, 2.45) is 5.73 Å². The molecule has 0 spiro atoms. The van der Waals surface area contributed by atoms with E-state index in [9.17, 15) is 8.78 Å². The molecule has 1 aromatic rings. The van der Waals surface area contributed by atoms with Gasteiger partial charge in [-0.05, 0) is 25.0 Å². The van der Waals surface area contributed by atoms with Crippen LogP contribution >= 0.6 is 0 Å². The predicted molar refractivity (Wildman–Crippen MR) is 48.0 cm³/mol. The van der Waals surface area contributed by atoms with Crippen LogP contribution in [0.5, 0.6) is 5.75 Å². The van der Waals surface area contributed by atoms with E-state index in [1.54, 1.807) is 0 Å². The molecule has 2 nitrogen and oxygen atoms in total. The number of hydrogen-bond acceptors (Lipinski definition) is 2. The van der Waals surface area contributed by atoms with Crippen molar-refractivity contribution in [3.8, 4) is 5.75 Å². The SMILES string of the molecule is NCC1(Oc2ccc(F)cc2F)CC1. The van der Waals surface area contributed by atoms with E-state index in [2.05, 4.69) is 0 Å². The van der Waals surface area contributed by atoms with Crippen LogP contribution in [0.3, 0.4) is 0 Å². The highest BCUT2D eigenvalue weighted by Gasteiger charge is 2.44. The van der Waals surface area contributed by atoms with Crippen molar-refractivity contribution in [1.29, 1.82) is 0 Å². The van der Waals surface area contributed by atoms with Gasteiger partial charge >= 0.3 is 0 Å². The Labute approximate surface area is 80.7 Å². The Morgan fingerprint density at radius 3 is 2.57 bits per heavy atom. The fourth-order valence-corrected chi connectivity index (χ4v) is 1.28. The maximum Gasteiger partial charge on any atom is 0.168 e. The lowest BCUT2D eigenvalue weighted by Crippen LogP contribution is -2.28. The lowest BCUT2D eigenvalue weighted by atomic mass is 10.3. The molecule has 76 valence electrons. The summed E-state index contributed by atoms with van der Waals surface area (Å²) in [6, 6.07) is 3.27. The van der Waals surface area contributed by atoms with Gasteiger partial charge in [0.25, 0.3) is 0 Å². The molecule has 0 amide bonds. The van der Waals surface area contributed by atoms with E-state index in [1.807, 2.05) is 0 Å². The molecular formula is C10H11F2NO. The molecule has 1 aromatic carbocycles. The normalized spacial score (nSPS) is 17.9. The van der Waals surface area contributed by atoms with E-state index < -0.39 is 17.2 Å². The third kappa shape index (κ3) is 1.70. The Kier molecular flexibility index (Phi) is 2.15. The molecule has 0 aromatic heterocycles. The van der Waals surface area contributed by atoms with Crippen LogP contribution in [0.15, 0.2) is 18.2 Å². The maximum absolute atomic E-state index is 13.1. The number of ether oxygens (including phenoxy) is 1. The maximum atomic E-state index is 13.1. The monoisotopic (exact) mass is 199 g/mol. The molecular weight excluding hydrogens is 188 g/mol. The van der Waals surface area contributed by atoms with Gasteiger partial charge in [0.1, 0.15) is 11.4 Å². The van der Waals surface area contributed by atoms with Crippen LogP contribution in [0.2, 0.25) is 0 Å². The van der Waals surface area contributed by atoms with Crippen molar-refractivity contribution < 1.29 is 13.5 Å². The van der Waals surface area contributed by atoms with Crippen molar-refractivity contribution >= 4 is 0 Å². The van der Waals surface area contributed by atoms with Gasteiger partial charge in [-0.25, -0.2) is 8.78 Å². The topological polar surface area (TPSA) is 35.2 Å². The van der Waals surface area contributed by atoms with Crippen molar-refractivity contribution in [2.75, 3.05) is 6.54 Å².